The van der Waals surface area contributed by atoms with Gasteiger partial charge in [0.05, 0.1) is 28.2 Å². The lowest BCUT2D eigenvalue weighted by atomic mass is 9.86. The van der Waals surface area contributed by atoms with Crippen LogP contribution in [0, 0.1) is 23.4 Å². The predicted molar refractivity (Wildman–Crippen MR) is 218 cm³/mol. The Morgan fingerprint density at radius 1 is 0.918 bits per heavy atom. The van der Waals surface area contributed by atoms with Crippen LogP contribution in [0.5, 0.6) is 5.75 Å². The Labute approximate surface area is 346 Å². The summed E-state index contributed by atoms with van der Waals surface area (Å²) in [6.45, 7) is 3.80. The second-order valence-electron chi connectivity index (χ2n) is 16.1. The zero-order valence-electron chi connectivity index (χ0n) is 33.3. The number of aromatic nitrogens is 6. The second-order valence-corrected chi connectivity index (χ2v) is 16.1. The number of para-hydroxylation sites is 1. The lowest BCUT2D eigenvalue weighted by Gasteiger charge is -2.34. The number of aryl methyl sites for hydroxylation is 1. The van der Waals surface area contributed by atoms with E-state index in [1.54, 1.807) is 11.6 Å². The van der Waals surface area contributed by atoms with Crippen molar-refractivity contribution in [1.29, 1.82) is 0 Å². The quantitative estimate of drug-likeness (QED) is 0.137. The summed E-state index contributed by atoms with van der Waals surface area (Å²) in [6, 6.07) is 11.7. The van der Waals surface area contributed by atoms with Crippen LogP contribution in [0.2, 0.25) is 0 Å². The summed E-state index contributed by atoms with van der Waals surface area (Å²) in [4.78, 5) is 64.2. The normalized spacial score (nSPS) is 20.1. The maximum absolute atomic E-state index is 14.2. The van der Waals surface area contributed by atoms with E-state index in [1.807, 2.05) is 59.7 Å². The van der Waals surface area contributed by atoms with E-state index < -0.39 is 46.6 Å². The molecule has 3 aliphatic rings. The molecule has 2 aliphatic heterocycles. The number of nitrogens with one attached hydrogen (secondary N) is 2. The Balaban J connectivity index is 0.788. The van der Waals surface area contributed by atoms with Gasteiger partial charge in [-0.15, -0.1) is 0 Å². The zero-order valence-corrected chi connectivity index (χ0v) is 33.3. The molecule has 6 aromatic rings. The van der Waals surface area contributed by atoms with Crippen LogP contribution in [0.3, 0.4) is 0 Å². The molecule has 3 aromatic carbocycles. The molecule has 316 valence electrons. The Morgan fingerprint density at radius 3 is 2.41 bits per heavy atom. The van der Waals surface area contributed by atoms with E-state index >= 15 is 0 Å². The molecule has 0 radical (unpaired) electrons. The number of benzene rings is 3. The number of imidazole rings is 1. The number of carbonyl (C=O) groups excluding carboxylic acids is 3. The van der Waals surface area contributed by atoms with Gasteiger partial charge in [0.1, 0.15) is 6.04 Å². The number of phenolic OH excluding ortho intramolecular Hbond substituents is 1. The zero-order chi connectivity index (χ0) is 42.5. The molecule has 9 rings (SSSR count). The number of halogens is 3. The standard InChI is InChI=1S/C43H43F3N10O5/c1-52-38-27(3-2-4-33(38)56(43(52)61)34-11-12-35(57)50-41(34)60)22-53-13-15-54(16-14-53)42-48-20-28(21-49-42)25-7-8-26-23-55(51-32(26)17-25)29-9-5-24(6-10-29)19-47-40(59)30-18-31(44)39(58)37(46)36(30)45/h2-4,7-8,17-18,20-21,23-24,29,34,58H,5-6,9-16,19,22H2,1H3,(H,47,59)(H,50,57,60)/t24-,29-,34?. The Morgan fingerprint density at radius 2 is 1.67 bits per heavy atom. The van der Waals surface area contributed by atoms with Gasteiger partial charge in [0.15, 0.2) is 17.4 Å². The fourth-order valence-corrected chi connectivity index (χ4v) is 8.96. The molecular weight excluding hydrogens is 794 g/mol. The van der Waals surface area contributed by atoms with E-state index in [0.29, 0.717) is 37.2 Å². The topological polar surface area (TPSA) is 173 Å². The third kappa shape index (κ3) is 7.60. The van der Waals surface area contributed by atoms with Gasteiger partial charge in [0, 0.05) is 82.3 Å². The number of fused-ring (bicyclic) bond motifs is 2. The van der Waals surface area contributed by atoms with Crippen LogP contribution < -0.4 is 21.2 Å². The van der Waals surface area contributed by atoms with Crippen LogP contribution in [0.1, 0.15) is 66.5 Å². The minimum atomic E-state index is -1.79. The first-order valence-electron chi connectivity index (χ1n) is 20.4. The average Bonchev–Trinajstić information content (AvgIpc) is 3.81. The molecule has 3 amide bonds. The van der Waals surface area contributed by atoms with Crippen LogP contribution in [0.4, 0.5) is 19.1 Å². The van der Waals surface area contributed by atoms with E-state index in [1.165, 1.54) is 4.57 Å². The monoisotopic (exact) mass is 836 g/mol. The molecule has 18 heteroatoms. The molecule has 1 aliphatic carbocycles. The highest BCUT2D eigenvalue weighted by Gasteiger charge is 2.32. The highest BCUT2D eigenvalue weighted by atomic mass is 19.2. The van der Waals surface area contributed by atoms with Gasteiger partial charge in [-0.2, -0.15) is 9.49 Å². The molecule has 3 N–H and O–H groups in total. The largest absolute Gasteiger partial charge is 0.503 e. The van der Waals surface area contributed by atoms with E-state index in [4.69, 9.17) is 15.1 Å². The minimum Gasteiger partial charge on any atom is -0.503 e. The van der Waals surface area contributed by atoms with Gasteiger partial charge in [0.2, 0.25) is 23.6 Å². The van der Waals surface area contributed by atoms with Crippen LogP contribution in [-0.2, 0) is 23.2 Å². The molecule has 0 spiro atoms. The van der Waals surface area contributed by atoms with E-state index in [-0.39, 0.29) is 42.9 Å². The van der Waals surface area contributed by atoms with Crippen molar-refractivity contribution in [2.75, 3.05) is 37.6 Å². The fraction of sp³-hybridized carbons (Fsp3) is 0.372. The molecular formula is C43H43F3N10O5. The van der Waals surface area contributed by atoms with Crippen LogP contribution >= 0.6 is 0 Å². The van der Waals surface area contributed by atoms with E-state index in [9.17, 15) is 37.5 Å². The highest BCUT2D eigenvalue weighted by molar-refractivity contribution is 6.00. The number of imide groups is 1. The summed E-state index contributed by atoms with van der Waals surface area (Å²) in [5.74, 6) is -7.21. The van der Waals surface area contributed by atoms with Crippen molar-refractivity contribution in [3.8, 4) is 16.9 Å². The molecule has 1 atom stereocenters. The number of aromatic hydroxyl groups is 1. The molecule has 3 fully saturated rings. The summed E-state index contributed by atoms with van der Waals surface area (Å²) >= 11 is 0. The number of piperazine rings is 1. The van der Waals surface area contributed by atoms with Gasteiger partial charge in [0.25, 0.3) is 5.91 Å². The number of hydrogen-bond acceptors (Lipinski definition) is 10. The van der Waals surface area contributed by atoms with Crippen molar-refractivity contribution < 1.29 is 32.7 Å². The number of phenols is 1. The van der Waals surface area contributed by atoms with Crippen molar-refractivity contribution in [3.63, 3.8) is 0 Å². The Bertz CT molecular complexity index is 2750. The van der Waals surface area contributed by atoms with Gasteiger partial charge < -0.3 is 15.3 Å². The molecule has 2 saturated heterocycles. The number of amides is 3. The van der Waals surface area contributed by atoms with Gasteiger partial charge in [-0.25, -0.2) is 23.5 Å². The van der Waals surface area contributed by atoms with Crippen LogP contribution in [0.25, 0.3) is 33.1 Å². The van der Waals surface area contributed by atoms with E-state index in [2.05, 4.69) is 20.4 Å². The molecule has 3 aromatic heterocycles. The van der Waals surface area contributed by atoms with Gasteiger partial charge >= 0.3 is 5.69 Å². The summed E-state index contributed by atoms with van der Waals surface area (Å²) in [7, 11) is 1.72. The fourth-order valence-electron chi connectivity index (χ4n) is 8.96. The smallest absolute Gasteiger partial charge is 0.329 e. The van der Waals surface area contributed by atoms with Gasteiger partial charge in [-0.05, 0) is 67.3 Å². The maximum atomic E-state index is 14.2. The highest BCUT2D eigenvalue weighted by Crippen LogP contribution is 2.34. The van der Waals surface area contributed by atoms with Crippen molar-refractivity contribution >= 4 is 45.6 Å². The maximum Gasteiger partial charge on any atom is 0.329 e. The van der Waals surface area contributed by atoms with Gasteiger partial charge in [-0.1, -0.05) is 24.3 Å². The molecule has 1 unspecified atom stereocenters. The number of carbonyl (C=O) groups is 3. The molecule has 61 heavy (non-hydrogen) atoms. The summed E-state index contributed by atoms with van der Waals surface area (Å²) in [5, 5.41) is 20.1. The molecule has 5 heterocycles. The summed E-state index contributed by atoms with van der Waals surface area (Å²) < 4.78 is 46.7. The number of anilines is 1. The lowest BCUT2D eigenvalue weighted by molar-refractivity contribution is -0.135. The van der Waals surface area contributed by atoms with Crippen molar-refractivity contribution in [1.82, 2.24) is 44.4 Å². The third-order valence-corrected chi connectivity index (χ3v) is 12.4. The molecule has 0 bridgehead atoms. The summed E-state index contributed by atoms with van der Waals surface area (Å²) in [6.07, 6.45) is 9.30. The SMILES string of the molecule is Cn1c(=O)n(C2CCC(=O)NC2=O)c2cccc(CN3CCN(c4ncc(-c5ccc6cn([C@H]7CC[C@H](CNC(=O)c8cc(F)c(O)c(F)c8F)CC7)nc6c5)cn4)CC3)c21. The average molecular weight is 837 g/mol. The van der Waals surface area contributed by atoms with Crippen molar-refractivity contribution in [2.45, 2.75) is 57.2 Å². The third-order valence-electron chi connectivity index (χ3n) is 12.4. The predicted octanol–water partition coefficient (Wildman–Crippen LogP) is 4.73. The first-order valence-corrected chi connectivity index (χ1v) is 20.4. The van der Waals surface area contributed by atoms with Crippen LogP contribution in [0.15, 0.2) is 65.8 Å². The van der Waals surface area contributed by atoms with E-state index in [0.717, 1.165) is 71.9 Å². The minimum absolute atomic E-state index is 0.102. The van der Waals surface area contributed by atoms with Crippen molar-refractivity contribution in [3.05, 3.63) is 100 Å². The summed E-state index contributed by atoms with van der Waals surface area (Å²) in [5.41, 5.74) is 4.00. The molecule has 15 nitrogen and oxygen atoms in total. The van der Waals surface area contributed by atoms with Crippen LogP contribution in [-0.4, -0.2) is 89.3 Å². The van der Waals surface area contributed by atoms with Gasteiger partial charge in [-0.3, -0.25) is 38.4 Å². The first-order chi connectivity index (χ1) is 29.4. The second kappa shape index (κ2) is 16.1. The number of rotatable bonds is 9. The number of nitrogens with zero attached hydrogens (tertiary/aromatic N) is 8. The Kier molecular flexibility index (Phi) is 10.5. The molecule has 1 saturated carbocycles. The lowest BCUT2D eigenvalue weighted by Crippen LogP contribution is -2.46. The number of piperidine rings is 1. The van der Waals surface area contributed by atoms with Crippen molar-refractivity contribution in [2.24, 2.45) is 13.0 Å². The number of hydrogen-bond donors (Lipinski definition) is 3. The first kappa shape index (κ1) is 39.9. The Hall–Kier alpha value is -6.56.